The van der Waals surface area contributed by atoms with Crippen molar-refractivity contribution in [1.82, 2.24) is 25.2 Å². The Hall–Kier alpha value is -2.84. The summed E-state index contributed by atoms with van der Waals surface area (Å²) in [5.74, 6) is 0.559. The Morgan fingerprint density at radius 1 is 1.18 bits per heavy atom. The van der Waals surface area contributed by atoms with Crippen LogP contribution in [0.25, 0.3) is 16.3 Å². The number of nitrogens with one attached hydrogen (secondary N) is 1. The Morgan fingerprint density at radius 2 is 2.00 bits per heavy atom. The third-order valence-corrected chi connectivity index (χ3v) is 5.62. The van der Waals surface area contributed by atoms with Crippen LogP contribution in [-0.2, 0) is 11.3 Å². The number of rotatable bonds is 5. The van der Waals surface area contributed by atoms with Crippen LogP contribution in [0.15, 0.2) is 42.6 Å². The molecule has 8 heteroatoms. The third-order valence-electron chi connectivity index (χ3n) is 4.62. The van der Waals surface area contributed by atoms with Crippen LogP contribution in [0.5, 0.6) is 0 Å². The van der Waals surface area contributed by atoms with Crippen molar-refractivity contribution in [3.8, 4) is 0 Å². The lowest BCUT2D eigenvalue weighted by Gasteiger charge is -2.32. The van der Waals surface area contributed by atoms with Gasteiger partial charge in [0.2, 0.25) is 11.9 Å². The molecular formula is C20H22N6OS. The van der Waals surface area contributed by atoms with Crippen LogP contribution < -0.4 is 10.2 Å². The van der Waals surface area contributed by atoms with Gasteiger partial charge < -0.3 is 15.1 Å². The number of piperazine rings is 1. The second-order valence-electron chi connectivity index (χ2n) is 6.71. The molecule has 1 aromatic carbocycles. The molecule has 1 saturated heterocycles. The van der Waals surface area contributed by atoms with Crippen LogP contribution >= 0.6 is 11.3 Å². The summed E-state index contributed by atoms with van der Waals surface area (Å²) in [6, 6.07) is 9.77. The Labute approximate surface area is 167 Å². The molecule has 144 valence electrons. The summed E-state index contributed by atoms with van der Waals surface area (Å²) in [6.45, 7) is 4.20. The van der Waals surface area contributed by atoms with E-state index in [0.717, 1.165) is 53.0 Å². The summed E-state index contributed by atoms with van der Waals surface area (Å²) in [6.07, 6.45) is 5.01. The number of benzene rings is 1. The third kappa shape index (κ3) is 4.52. The van der Waals surface area contributed by atoms with Crippen LogP contribution in [0.2, 0.25) is 0 Å². The number of likely N-dealkylation sites (N-methyl/N-ethyl adjacent to an activating group) is 1. The number of nitrogens with zero attached hydrogens (tertiary/aromatic N) is 5. The molecule has 0 saturated carbocycles. The van der Waals surface area contributed by atoms with E-state index in [-0.39, 0.29) is 5.91 Å². The van der Waals surface area contributed by atoms with E-state index in [1.807, 2.05) is 30.3 Å². The summed E-state index contributed by atoms with van der Waals surface area (Å²) >= 11 is 1.56. The van der Waals surface area contributed by atoms with E-state index in [0.29, 0.717) is 6.54 Å². The van der Waals surface area contributed by atoms with E-state index in [1.54, 1.807) is 23.6 Å². The first-order valence-corrected chi connectivity index (χ1v) is 10.1. The van der Waals surface area contributed by atoms with Crippen molar-refractivity contribution in [3.05, 3.63) is 53.3 Å². The zero-order valence-corrected chi connectivity index (χ0v) is 16.5. The largest absolute Gasteiger partial charge is 0.347 e. The Bertz CT molecular complexity index is 960. The van der Waals surface area contributed by atoms with Crippen molar-refractivity contribution in [1.29, 1.82) is 0 Å². The van der Waals surface area contributed by atoms with Crippen LogP contribution in [0.3, 0.4) is 0 Å². The monoisotopic (exact) mass is 394 g/mol. The molecule has 0 aliphatic carbocycles. The topological polar surface area (TPSA) is 74.2 Å². The first-order valence-electron chi connectivity index (χ1n) is 9.24. The Balaban J connectivity index is 1.33. The maximum Gasteiger partial charge on any atom is 0.244 e. The zero-order valence-electron chi connectivity index (χ0n) is 15.7. The quantitative estimate of drug-likeness (QED) is 0.669. The van der Waals surface area contributed by atoms with Gasteiger partial charge in [0, 0.05) is 38.5 Å². The van der Waals surface area contributed by atoms with Crippen LogP contribution in [-0.4, -0.2) is 59.0 Å². The number of anilines is 1. The van der Waals surface area contributed by atoms with E-state index in [9.17, 15) is 4.79 Å². The number of thiazole rings is 1. The number of hydrogen-bond donors (Lipinski definition) is 1. The highest BCUT2D eigenvalue weighted by molar-refractivity contribution is 7.19. The molecule has 0 spiro atoms. The zero-order chi connectivity index (χ0) is 19.3. The van der Waals surface area contributed by atoms with Crippen molar-refractivity contribution in [2.24, 2.45) is 0 Å². The number of carbonyl (C=O) groups excluding carboxylic acids is 1. The molecule has 3 aromatic rings. The molecule has 0 atom stereocenters. The molecule has 1 N–H and O–H groups in total. The standard InChI is InChI=1S/C20H22N6OS/c1-25-10-12-26(13-11-25)20-21-9-8-15(23-20)14-22-18(27)6-7-19-24-16-4-2-3-5-17(16)28-19/h2-9H,10-14H2,1H3,(H,22,27)/b7-6+. The number of hydrogen-bond acceptors (Lipinski definition) is 7. The molecule has 1 amide bonds. The van der Waals surface area contributed by atoms with Crippen molar-refractivity contribution in [2.45, 2.75) is 6.54 Å². The SMILES string of the molecule is CN1CCN(c2nccc(CNC(=O)/C=C/c3nc4ccccc4s3)n2)CC1. The van der Waals surface area contributed by atoms with E-state index in [4.69, 9.17) is 0 Å². The lowest BCUT2D eigenvalue weighted by molar-refractivity contribution is -0.116. The van der Waals surface area contributed by atoms with E-state index in [1.165, 1.54) is 6.08 Å². The fourth-order valence-electron chi connectivity index (χ4n) is 2.99. The van der Waals surface area contributed by atoms with Crippen molar-refractivity contribution < 1.29 is 4.79 Å². The van der Waals surface area contributed by atoms with Gasteiger partial charge in [0.1, 0.15) is 5.01 Å². The molecule has 0 radical (unpaired) electrons. The number of aromatic nitrogens is 3. The van der Waals surface area contributed by atoms with E-state index in [2.05, 4.69) is 37.1 Å². The maximum absolute atomic E-state index is 12.1. The molecule has 4 rings (SSSR count). The fourth-order valence-corrected chi connectivity index (χ4v) is 3.86. The summed E-state index contributed by atoms with van der Waals surface area (Å²) in [5.41, 5.74) is 1.75. The molecular weight excluding hydrogens is 372 g/mol. The molecule has 7 nitrogen and oxygen atoms in total. The van der Waals surface area contributed by atoms with Crippen LogP contribution in [0.1, 0.15) is 10.7 Å². The lowest BCUT2D eigenvalue weighted by atomic mass is 10.3. The second kappa shape index (κ2) is 8.45. The van der Waals surface area contributed by atoms with Gasteiger partial charge in [-0.2, -0.15) is 0 Å². The first kappa shape index (κ1) is 18.5. The van der Waals surface area contributed by atoms with Crippen molar-refractivity contribution >= 4 is 39.5 Å². The molecule has 0 bridgehead atoms. The highest BCUT2D eigenvalue weighted by atomic mass is 32.1. The maximum atomic E-state index is 12.1. The van der Waals surface area contributed by atoms with E-state index >= 15 is 0 Å². The molecule has 28 heavy (non-hydrogen) atoms. The number of carbonyl (C=O) groups is 1. The fraction of sp³-hybridized carbons (Fsp3) is 0.300. The predicted octanol–water partition coefficient (Wildman–Crippen LogP) is 2.17. The lowest BCUT2D eigenvalue weighted by Crippen LogP contribution is -2.45. The van der Waals surface area contributed by atoms with E-state index < -0.39 is 0 Å². The molecule has 1 aliphatic heterocycles. The molecule has 0 unspecified atom stereocenters. The number of fused-ring (bicyclic) bond motifs is 1. The van der Waals surface area contributed by atoms with Crippen LogP contribution in [0, 0.1) is 0 Å². The normalized spacial score (nSPS) is 15.4. The predicted molar refractivity (Wildman–Crippen MR) is 112 cm³/mol. The summed E-state index contributed by atoms with van der Waals surface area (Å²) in [5, 5.41) is 3.69. The Morgan fingerprint density at radius 3 is 2.82 bits per heavy atom. The first-order chi connectivity index (χ1) is 13.7. The summed E-state index contributed by atoms with van der Waals surface area (Å²) in [4.78, 5) is 30.1. The van der Waals surface area contributed by atoms with Gasteiger partial charge in [-0.1, -0.05) is 12.1 Å². The molecule has 2 aromatic heterocycles. The van der Waals surface area contributed by atoms with Gasteiger partial charge in [-0.25, -0.2) is 15.0 Å². The average Bonchev–Trinajstić information content (AvgIpc) is 3.14. The Kier molecular flexibility index (Phi) is 5.59. The number of para-hydroxylation sites is 1. The summed E-state index contributed by atoms with van der Waals surface area (Å²) in [7, 11) is 2.12. The smallest absolute Gasteiger partial charge is 0.244 e. The molecule has 3 heterocycles. The van der Waals surface area contributed by atoms with Crippen molar-refractivity contribution in [2.75, 3.05) is 38.1 Å². The summed E-state index contributed by atoms with van der Waals surface area (Å²) < 4.78 is 1.11. The minimum atomic E-state index is -0.168. The van der Waals surface area contributed by atoms with Gasteiger partial charge in [0.25, 0.3) is 0 Å². The highest BCUT2D eigenvalue weighted by Gasteiger charge is 2.16. The highest BCUT2D eigenvalue weighted by Crippen LogP contribution is 2.22. The van der Waals surface area contributed by atoms with Crippen molar-refractivity contribution in [3.63, 3.8) is 0 Å². The van der Waals surface area contributed by atoms with Crippen LogP contribution in [0.4, 0.5) is 5.95 Å². The number of amides is 1. The minimum Gasteiger partial charge on any atom is -0.347 e. The average molecular weight is 395 g/mol. The van der Waals surface area contributed by atoms with Gasteiger partial charge in [-0.3, -0.25) is 4.79 Å². The second-order valence-corrected chi connectivity index (χ2v) is 7.77. The minimum absolute atomic E-state index is 0.168. The van der Waals surface area contributed by atoms with Gasteiger partial charge >= 0.3 is 0 Å². The molecule has 1 aliphatic rings. The van der Waals surface area contributed by atoms with Gasteiger partial charge in [-0.15, -0.1) is 11.3 Å². The van der Waals surface area contributed by atoms with Gasteiger partial charge in [-0.05, 0) is 31.3 Å². The van der Waals surface area contributed by atoms with Gasteiger partial charge in [0.15, 0.2) is 0 Å². The van der Waals surface area contributed by atoms with Gasteiger partial charge in [0.05, 0.1) is 22.5 Å². The molecule has 1 fully saturated rings.